The number of anilines is 2. The minimum absolute atomic E-state index is 0.133. The van der Waals surface area contributed by atoms with Crippen molar-refractivity contribution in [3.63, 3.8) is 0 Å². The lowest BCUT2D eigenvalue weighted by atomic mass is 9.84. The van der Waals surface area contributed by atoms with E-state index in [4.69, 9.17) is 28.9 Å². The molecule has 4 N–H and O–H groups in total. The van der Waals surface area contributed by atoms with Gasteiger partial charge in [-0.2, -0.15) is 0 Å². The molecule has 0 radical (unpaired) electrons. The van der Waals surface area contributed by atoms with Crippen molar-refractivity contribution >= 4 is 45.9 Å². The van der Waals surface area contributed by atoms with Crippen LogP contribution >= 0.6 is 23.2 Å². The number of rotatable bonds is 4. The summed E-state index contributed by atoms with van der Waals surface area (Å²) in [4.78, 5) is 7.74. The fourth-order valence-corrected chi connectivity index (χ4v) is 2.73. The van der Waals surface area contributed by atoms with Gasteiger partial charge in [-0.1, -0.05) is 43.1 Å². The number of nitrogens with one attached hydrogen (secondary N) is 2. The maximum Gasteiger partial charge on any atom is 0.201 e. The third-order valence-corrected chi connectivity index (χ3v) is 4.64. The van der Waals surface area contributed by atoms with Crippen LogP contribution in [-0.4, -0.2) is 16.5 Å². The van der Waals surface area contributed by atoms with E-state index in [9.17, 15) is 0 Å². The summed E-state index contributed by atoms with van der Waals surface area (Å²) in [5.41, 5.74) is 9.28. The number of nitrogens with zero attached hydrogens (tertiary/aromatic N) is 1. The van der Waals surface area contributed by atoms with Crippen molar-refractivity contribution in [2.45, 2.75) is 19.3 Å². The van der Waals surface area contributed by atoms with Gasteiger partial charge in [-0.25, -0.2) is 4.98 Å². The number of aromatic amines is 1. The smallest absolute Gasteiger partial charge is 0.201 e. The molecule has 6 heteroatoms. The molecular weight excluding hydrogens is 331 g/mol. The Labute approximate surface area is 145 Å². The Kier molecular flexibility index (Phi) is 4.13. The molecule has 0 spiro atoms. The van der Waals surface area contributed by atoms with Crippen LogP contribution in [0.5, 0.6) is 0 Å². The van der Waals surface area contributed by atoms with Crippen LogP contribution in [0.25, 0.3) is 11.0 Å². The molecular formula is C17H18Cl2N4. The van der Waals surface area contributed by atoms with Gasteiger partial charge >= 0.3 is 0 Å². The highest BCUT2D eigenvalue weighted by atomic mass is 35.5. The quantitative estimate of drug-likeness (QED) is 0.591. The fraction of sp³-hybridized carbons (Fsp3) is 0.235. The van der Waals surface area contributed by atoms with Crippen LogP contribution in [0.15, 0.2) is 36.4 Å². The molecule has 23 heavy (non-hydrogen) atoms. The van der Waals surface area contributed by atoms with Crippen molar-refractivity contribution in [3.05, 3.63) is 52.0 Å². The van der Waals surface area contributed by atoms with E-state index in [1.54, 1.807) is 0 Å². The summed E-state index contributed by atoms with van der Waals surface area (Å²) in [6, 6.07) is 11.3. The third kappa shape index (κ3) is 3.38. The van der Waals surface area contributed by atoms with Crippen LogP contribution in [-0.2, 0) is 5.41 Å². The average Bonchev–Trinajstić information content (AvgIpc) is 2.90. The van der Waals surface area contributed by atoms with E-state index < -0.39 is 0 Å². The molecule has 120 valence electrons. The molecule has 3 aromatic rings. The number of nitrogens with two attached hydrogens (primary N) is 1. The molecule has 0 aliphatic carbocycles. The highest BCUT2D eigenvalue weighted by molar-refractivity contribution is 6.42. The highest BCUT2D eigenvalue weighted by Crippen LogP contribution is 2.30. The van der Waals surface area contributed by atoms with E-state index in [0.29, 0.717) is 22.3 Å². The van der Waals surface area contributed by atoms with Gasteiger partial charge in [0.25, 0.3) is 0 Å². The molecule has 3 rings (SSSR count). The van der Waals surface area contributed by atoms with Gasteiger partial charge in [-0.3, -0.25) is 0 Å². The second-order valence-corrected chi connectivity index (χ2v) is 7.04. The van der Waals surface area contributed by atoms with E-state index in [1.165, 1.54) is 0 Å². The largest absolute Gasteiger partial charge is 0.399 e. The van der Waals surface area contributed by atoms with Crippen molar-refractivity contribution in [2.24, 2.45) is 0 Å². The fourth-order valence-electron chi connectivity index (χ4n) is 2.43. The van der Waals surface area contributed by atoms with Crippen LogP contribution in [0.3, 0.4) is 0 Å². The first-order valence-corrected chi connectivity index (χ1v) is 8.05. The van der Waals surface area contributed by atoms with Crippen molar-refractivity contribution in [1.82, 2.24) is 9.97 Å². The summed E-state index contributed by atoms with van der Waals surface area (Å²) in [5, 5.41) is 4.47. The highest BCUT2D eigenvalue weighted by Gasteiger charge is 2.22. The van der Waals surface area contributed by atoms with Gasteiger partial charge in [0, 0.05) is 17.6 Å². The van der Waals surface area contributed by atoms with Crippen molar-refractivity contribution in [1.29, 1.82) is 0 Å². The molecule has 1 aromatic heterocycles. The molecule has 0 aliphatic rings. The lowest BCUT2D eigenvalue weighted by Gasteiger charge is -2.26. The normalized spacial score (nSPS) is 11.8. The average molecular weight is 349 g/mol. The summed E-state index contributed by atoms with van der Waals surface area (Å²) in [6.07, 6.45) is 0. The maximum absolute atomic E-state index is 6.12. The Morgan fingerprint density at radius 1 is 1.13 bits per heavy atom. The SMILES string of the molecule is CC(C)(CNc1nc2ccc(N)cc2[nH]1)c1ccc(Cl)c(Cl)c1. The van der Waals surface area contributed by atoms with Crippen molar-refractivity contribution < 1.29 is 0 Å². The zero-order valence-electron chi connectivity index (χ0n) is 13.0. The van der Waals surface area contributed by atoms with Gasteiger partial charge in [-0.05, 0) is 35.9 Å². The standard InChI is InChI=1S/C17H18Cl2N4/c1-17(2,10-3-5-12(18)13(19)7-10)9-21-16-22-14-6-4-11(20)8-15(14)23-16/h3-8H,9,20H2,1-2H3,(H2,21,22,23). The molecule has 0 bridgehead atoms. The van der Waals surface area contributed by atoms with E-state index in [-0.39, 0.29) is 5.41 Å². The minimum Gasteiger partial charge on any atom is -0.399 e. The van der Waals surface area contributed by atoms with Crippen LogP contribution in [0.4, 0.5) is 11.6 Å². The molecule has 0 unspecified atom stereocenters. The summed E-state index contributed by atoms with van der Waals surface area (Å²) >= 11 is 12.1. The third-order valence-electron chi connectivity index (χ3n) is 3.90. The summed E-state index contributed by atoms with van der Waals surface area (Å²) < 4.78 is 0. The number of imidazole rings is 1. The Bertz CT molecular complexity index is 855. The van der Waals surface area contributed by atoms with Gasteiger partial charge < -0.3 is 16.0 Å². The number of halogens is 2. The first-order chi connectivity index (χ1) is 10.8. The number of hydrogen-bond donors (Lipinski definition) is 3. The second-order valence-electron chi connectivity index (χ2n) is 6.23. The Morgan fingerprint density at radius 2 is 1.91 bits per heavy atom. The Morgan fingerprint density at radius 3 is 2.65 bits per heavy atom. The topological polar surface area (TPSA) is 66.7 Å². The van der Waals surface area contributed by atoms with Gasteiger partial charge in [0.1, 0.15) is 0 Å². The molecule has 1 heterocycles. The summed E-state index contributed by atoms with van der Waals surface area (Å²) in [6.45, 7) is 4.97. The summed E-state index contributed by atoms with van der Waals surface area (Å²) in [5.74, 6) is 0.721. The molecule has 0 atom stereocenters. The van der Waals surface area contributed by atoms with Crippen molar-refractivity contribution in [2.75, 3.05) is 17.6 Å². The van der Waals surface area contributed by atoms with Crippen LogP contribution < -0.4 is 11.1 Å². The Hall–Kier alpha value is -1.91. The molecule has 4 nitrogen and oxygen atoms in total. The number of fused-ring (bicyclic) bond motifs is 1. The molecule has 0 saturated carbocycles. The number of hydrogen-bond acceptors (Lipinski definition) is 3. The first kappa shape index (κ1) is 16.0. The van der Waals surface area contributed by atoms with Crippen LogP contribution in [0.1, 0.15) is 19.4 Å². The van der Waals surface area contributed by atoms with E-state index in [1.807, 2.05) is 36.4 Å². The van der Waals surface area contributed by atoms with Gasteiger partial charge in [0.15, 0.2) is 0 Å². The molecule has 0 amide bonds. The maximum atomic E-state index is 6.12. The van der Waals surface area contributed by atoms with Crippen LogP contribution in [0.2, 0.25) is 10.0 Å². The zero-order valence-corrected chi connectivity index (χ0v) is 14.5. The van der Waals surface area contributed by atoms with E-state index in [2.05, 4.69) is 29.1 Å². The number of aromatic nitrogens is 2. The molecule has 0 saturated heterocycles. The lowest BCUT2D eigenvalue weighted by Crippen LogP contribution is -2.28. The van der Waals surface area contributed by atoms with E-state index in [0.717, 1.165) is 22.5 Å². The van der Waals surface area contributed by atoms with E-state index >= 15 is 0 Å². The van der Waals surface area contributed by atoms with Gasteiger partial charge in [-0.15, -0.1) is 0 Å². The monoisotopic (exact) mass is 348 g/mol. The van der Waals surface area contributed by atoms with Gasteiger partial charge in [0.2, 0.25) is 5.95 Å². The molecule has 2 aromatic carbocycles. The predicted molar refractivity (Wildman–Crippen MR) is 98.5 cm³/mol. The van der Waals surface area contributed by atoms with Crippen molar-refractivity contribution in [3.8, 4) is 0 Å². The van der Waals surface area contributed by atoms with Crippen LogP contribution in [0, 0.1) is 0 Å². The second kappa shape index (κ2) is 5.95. The summed E-state index contributed by atoms with van der Waals surface area (Å²) in [7, 11) is 0. The first-order valence-electron chi connectivity index (χ1n) is 7.30. The number of nitrogen functional groups attached to an aromatic ring is 1. The Balaban J connectivity index is 1.78. The zero-order chi connectivity index (χ0) is 16.6. The number of H-pyrrole nitrogens is 1. The predicted octanol–water partition coefficient (Wildman–Crippen LogP) is 4.84. The van der Waals surface area contributed by atoms with Gasteiger partial charge in [0.05, 0.1) is 21.1 Å². The minimum atomic E-state index is -0.133. The molecule has 0 fully saturated rings. The lowest BCUT2D eigenvalue weighted by molar-refractivity contribution is 0.555. The number of benzene rings is 2. The molecule has 0 aliphatic heterocycles.